The Hall–Kier alpha value is -1.93. The zero-order chi connectivity index (χ0) is 13.0. The summed E-state index contributed by atoms with van der Waals surface area (Å²) < 4.78 is 13.7. The van der Waals surface area contributed by atoms with Crippen LogP contribution in [0.3, 0.4) is 0 Å². The minimum absolute atomic E-state index is 0.154. The van der Waals surface area contributed by atoms with E-state index in [0.29, 0.717) is 11.8 Å². The van der Waals surface area contributed by atoms with Crippen LogP contribution in [0, 0.1) is 5.82 Å². The third-order valence-corrected chi connectivity index (χ3v) is 2.97. The largest absolute Gasteiger partial charge is 0.298 e. The molecule has 90 valence electrons. The van der Waals surface area contributed by atoms with Gasteiger partial charge in [0.15, 0.2) is 6.29 Å². The lowest BCUT2D eigenvalue weighted by Gasteiger charge is -2.06. The highest BCUT2D eigenvalue weighted by Crippen LogP contribution is 2.29. The number of aldehydes is 1. The summed E-state index contributed by atoms with van der Waals surface area (Å²) in [5, 5.41) is 0.246. The van der Waals surface area contributed by atoms with Gasteiger partial charge in [-0.3, -0.25) is 4.79 Å². The van der Waals surface area contributed by atoms with Crippen molar-refractivity contribution in [2.24, 2.45) is 0 Å². The van der Waals surface area contributed by atoms with Crippen molar-refractivity contribution in [3.05, 3.63) is 71.5 Å². The summed E-state index contributed by atoms with van der Waals surface area (Å²) >= 11 is 6.16. The molecular formula is C15H10ClFO. The molecule has 0 amide bonds. The van der Waals surface area contributed by atoms with E-state index in [1.165, 1.54) is 12.1 Å². The van der Waals surface area contributed by atoms with Gasteiger partial charge in [-0.25, -0.2) is 4.39 Å². The smallest absolute Gasteiger partial charge is 0.152 e. The molecule has 18 heavy (non-hydrogen) atoms. The molecule has 0 saturated heterocycles. The summed E-state index contributed by atoms with van der Waals surface area (Å²) in [6, 6.07) is 15.1. The Morgan fingerprint density at radius 1 is 1.00 bits per heavy atom. The van der Waals surface area contributed by atoms with Crippen molar-refractivity contribution in [3.8, 4) is 0 Å². The zero-order valence-electron chi connectivity index (χ0n) is 9.44. The van der Waals surface area contributed by atoms with E-state index in [-0.39, 0.29) is 16.2 Å². The second-order valence-corrected chi connectivity index (χ2v) is 4.07. The molecule has 2 rings (SSSR count). The fraction of sp³-hybridized carbons (Fsp3) is 0. The number of halogens is 2. The first-order chi connectivity index (χ1) is 8.74. The van der Waals surface area contributed by atoms with E-state index in [1.807, 2.05) is 18.2 Å². The molecule has 0 aromatic heterocycles. The first kappa shape index (κ1) is 12.5. The van der Waals surface area contributed by atoms with Crippen LogP contribution in [0.5, 0.6) is 0 Å². The van der Waals surface area contributed by atoms with Crippen LogP contribution in [-0.2, 0) is 4.79 Å². The number of hydrogen-bond acceptors (Lipinski definition) is 1. The molecule has 0 saturated carbocycles. The summed E-state index contributed by atoms with van der Waals surface area (Å²) in [5.74, 6) is -0.464. The van der Waals surface area contributed by atoms with Crippen molar-refractivity contribution in [2.45, 2.75) is 0 Å². The number of carbonyl (C=O) groups excluding carboxylic acids is 1. The lowest BCUT2D eigenvalue weighted by Crippen LogP contribution is -1.93. The Balaban J connectivity index is 2.58. The molecule has 1 nitrogen and oxygen atoms in total. The van der Waals surface area contributed by atoms with Gasteiger partial charge in [0, 0.05) is 11.1 Å². The third kappa shape index (κ3) is 2.49. The average Bonchev–Trinajstić information content (AvgIpc) is 2.42. The molecule has 0 aliphatic rings. The number of carbonyl (C=O) groups is 1. The predicted octanol–water partition coefficient (Wildman–Crippen LogP) is 4.13. The lowest BCUT2D eigenvalue weighted by atomic mass is 10.0. The maximum atomic E-state index is 13.7. The number of allylic oxidation sites excluding steroid dienone is 1. The average molecular weight is 261 g/mol. The van der Waals surface area contributed by atoms with E-state index in [9.17, 15) is 9.18 Å². The molecule has 0 spiro atoms. The van der Waals surface area contributed by atoms with Gasteiger partial charge in [0.25, 0.3) is 0 Å². The molecule has 0 unspecified atom stereocenters. The van der Waals surface area contributed by atoms with E-state index in [2.05, 4.69) is 0 Å². The van der Waals surface area contributed by atoms with E-state index in [0.717, 1.165) is 0 Å². The number of benzene rings is 2. The van der Waals surface area contributed by atoms with E-state index in [4.69, 9.17) is 11.6 Å². The predicted molar refractivity (Wildman–Crippen MR) is 71.6 cm³/mol. The van der Waals surface area contributed by atoms with Gasteiger partial charge in [0.2, 0.25) is 0 Å². The fourth-order valence-electron chi connectivity index (χ4n) is 1.65. The second-order valence-electron chi connectivity index (χ2n) is 3.69. The highest BCUT2D eigenvalue weighted by Gasteiger charge is 2.12. The quantitative estimate of drug-likeness (QED) is 0.461. The van der Waals surface area contributed by atoms with E-state index in [1.54, 1.807) is 24.3 Å². The summed E-state index contributed by atoms with van der Waals surface area (Å²) in [6.07, 6.45) is 0.577. The van der Waals surface area contributed by atoms with Crippen LogP contribution in [0.2, 0.25) is 0 Å². The van der Waals surface area contributed by atoms with Gasteiger partial charge < -0.3 is 0 Å². The molecule has 3 heteroatoms. The van der Waals surface area contributed by atoms with Crippen molar-refractivity contribution >= 4 is 28.5 Å². The molecule has 0 aliphatic carbocycles. The van der Waals surface area contributed by atoms with Gasteiger partial charge in [-0.1, -0.05) is 60.1 Å². The maximum absolute atomic E-state index is 13.7. The Morgan fingerprint density at radius 2 is 1.61 bits per heavy atom. The highest BCUT2D eigenvalue weighted by atomic mass is 35.5. The molecule has 2 aromatic rings. The lowest BCUT2D eigenvalue weighted by molar-refractivity contribution is -0.103. The van der Waals surface area contributed by atoms with Crippen molar-refractivity contribution in [3.63, 3.8) is 0 Å². The van der Waals surface area contributed by atoms with Crippen molar-refractivity contribution in [1.29, 1.82) is 0 Å². The number of hydrogen-bond donors (Lipinski definition) is 0. The van der Waals surface area contributed by atoms with Crippen molar-refractivity contribution in [2.75, 3.05) is 0 Å². The molecule has 0 fully saturated rings. The Kier molecular flexibility index (Phi) is 3.90. The molecule has 0 atom stereocenters. The maximum Gasteiger partial charge on any atom is 0.152 e. The summed E-state index contributed by atoms with van der Waals surface area (Å²) in [7, 11) is 0. The zero-order valence-corrected chi connectivity index (χ0v) is 10.2. The van der Waals surface area contributed by atoms with Gasteiger partial charge in [0.05, 0.1) is 5.03 Å². The Morgan fingerprint density at radius 3 is 2.22 bits per heavy atom. The van der Waals surface area contributed by atoms with E-state index >= 15 is 0 Å². The molecule has 0 heterocycles. The first-order valence-electron chi connectivity index (χ1n) is 5.39. The SMILES string of the molecule is O=C/C(=C(\Cl)c1ccccc1)c1ccccc1F. The van der Waals surface area contributed by atoms with Crippen LogP contribution in [0.25, 0.3) is 10.6 Å². The van der Waals surface area contributed by atoms with Gasteiger partial charge in [-0.2, -0.15) is 0 Å². The van der Waals surface area contributed by atoms with Crippen LogP contribution in [0.15, 0.2) is 54.6 Å². The van der Waals surface area contributed by atoms with Gasteiger partial charge in [-0.05, 0) is 11.6 Å². The topological polar surface area (TPSA) is 17.1 Å². The molecule has 0 radical (unpaired) electrons. The molecule has 0 aliphatic heterocycles. The normalized spacial score (nSPS) is 11.9. The fourth-order valence-corrected chi connectivity index (χ4v) is 1.93. The molecular weight excluding hydrogens is 251 g/mol. The van der Waals surface area contributed by atoms with E-state index < -0.39 is 5.82 Å². The highest BCUT2D eigenvalue weighted by molar-refractivity contribution is 6.55. The molecule has 0 N–H and O–H groups in total. The number of rotatable bonds is 3. The minimum Gasteiger partial charge on any atom is -0.298 e. The molecule has 0 bridgehead atoms. The van der Waals surface area contributed by atoms with Gasteiger partial charge in [0.1, 0.15) is 5.82 Å². The van der Waals surface area contributed by atoms with Crippen LogP contribution < -0.4 is 0 Å². The Bertz CT molecular complexity index is 590. The van der Waals surface area contributed by atoms with Crippen LogP contribution in [-0.4, -0.2) is 6.29 Å². The van der Waals surface area contributed by atoms with Crippen LogP contribution in [0.4, 0.5) is 4.39 Å². The Labute approximate surface area is 110 Å². The van der Waals surface area contributed by atoms with Gasteiger partial charge >= 0.3 is 0 Å². The van der Waals surface area contributed by atoms with Crippen molar-refractivity contribution < 1.29 is 9.18 Å². The van der Waals surface area contributed by atoms with Crippen molar-refractivity contribution in [1.82, 2.24) is 0 Å². The van der Waals surface area contributed by atoms with Crippen LogP contribution in [0.1, 0.15) is 11.1 Å². The first-order valence-corrected chi connectivity index (χ1v) is 5.77. The third-order valence-electron chi connectivity index (χ3n) is 2.55. The monoisotopic (exact) mass is 260 g/mol. The standard InChI is InChI=1S/C15H10ClFO/c16-15(11-6-2-1-3-7-11)13(10-18)12-8-4-5-9-14(12)17/h1-10H/b15-13+. The molecule has 2 aromatic carbocycles. The van der Waals surface area contributed by atoms with Gasteiger partial charge in [-0.15, -0.1) is 0 Å². The van der Waals surface area contributed by atoms with Crippen LogP contribution >= 0.6 is 11.6 Å². The minimum atomic E-state index is -0.464. The second kappa shape index (κ2) is 5.61. The summed E-state index contributed by atoms with van der Waals surface area (Å²) in [5.41, 5.74) is 1.05. The summed E-state index contributed by atoms with van der Waals surface area (Å²) in [6.45, 7) is 0. The summed E-state index contributed by atoms with van der Waals surface area (Å²) in [4.78, 5) is 11.2.